The van der Waals surface area contributed by atoms with Crippen LogP contribution < -0.4 is 17.0 Å². The smallest absolute Gasteiger partial charge is 0.554 e. The van der Waals surface area contributed by atoms with Crippen molar-refractivity contribution in [1.29, 1.82) is 0 Å². The van der Waals surface area contributed by atoms with Gasteiger partial charge in [0.05, 0.1) is 0 Å². The molecule has 0 aromatic rings. The second-order valence-corrected chi connectivity index (χ2v) is 1.93. The van der Waals surface area contributed by atoms with Crippen LogP contribution in [0.2, 0.25) is 0 Å². The van der Waals surface area contributed by atoms with Gasteiger partial charge in [-0.25, -0.2) is 0 Å². The molecule has 5 nitrogen and oxygen atoms in total. The first-order valence-corrected chi connectivity index (χ1v) is 5.53. The van der Waals surface area contributed by atoms with E-state index in [-0.39, 0.29) is 80.2 Å². The van der Waals surface area contributed by atoms with Gasteiger partial charge >= 0.3 is 62.2 Å². The Morgan fingerprint density at radius 2 is 1.30 bits per heavy atom. The molecule has 0 aromatic heterocycles. The van der Waals surface area contributed by atoms with Crippen LogP contribution in [0.5, 0.6) is 0 Å². The van der Waals surface area contributed by atoms with Crippen molar-refractivity contribution < 1.29 is 76.9 Å². The number of hydrogen-bond donors (Lipinski definition) is 2. The molecule has 1 atom stereocenters. The minimum atomic E-state index is -0.500. The topological polar surface area (TPSA) is 120 Å². The normalized spacial score (nSPS) is 6.80. The van der Waals surface area contributed by atoms with Gasteiger partial charge in [-0.1, -0.05) is 27.7 Å². The molecule has 0 saturated heterocycles. The molecule has 0 saturated carbocycles. The number of rotatable bonds is 2. The van der Waals surface area contributed by atoms with Gasteiger partial charge in [0.25, 0.3) is 0 Å². The Morgan fingerprint density at radius 1 is 1.20 bits per heavy atom. The fourth-order valence-electron chi connectivity index (χ4n) is 0. The number of nitrogens with two attached hydrogens (primary N) is 1. The molecule has 0 aliphatic carbocycles. The number of hydrogen-bond acceptors (Lipinski definition) is 4. The minimum absolute atomic E-state index is 0. The Bertz CT molecular complexity index is 128. The summed E-state index contributed by atoms with van der Waals surface area (Å²) < 4.78 is 0. The Balaban J connectivity index is -0.0000000152. The van der Waals surface area contributed by atoms with E-state index in [0.717, 1.165) is 6.42 Å². The third-order valence-electron chi connectivity index (χ3n) is 0.650. The first-order valence-electron chi connectivity index (χ1n) is 5.53. The van der Waals surface area contributed by atoms with E-state index in [9.17, 15) is 4.79 Å². The quantitative estimate of drug-likeness (QED) is 0.332. The molecule has 0 radical (unpaired) electrons. The number of quaternary nitrogens is 1. The van der Waals surface area contributed by atoms with E-state index in [1.54, 1.807) is 0 Å². The van der Waals surface area contributed by atoms with Crippen molar-refractivity contribution in [3.05, 3.63) is 27.7 Å². The van der Waals surface area contributed by atoms with Crippen LogP contribution in [0.15, 0.2) is 0 Å². The van der Waals surface area contributed by atoms with Crippen LogP contribution in [0.3, 0.4) is 0 Å². The number of carboxylic acid groups (broad SMARTS) is 1. The van der Waals surface area contributed by atoms with Crippen LogP contribution in [0.1, 0.15) is 40.5 Å². The maximum atomic E-state index is 9.64. The van der Waals surface area contributed by atoms with Crippen molar-refractivity contribution in [3.63, 3.8) is 0 Å². The summed E-state index contributed by atoms with van der Waals surface area (Å²) in [4.78, 5) is 17.9. The molecule has 0 spiro atoms. The number of ketones is 1. The summed E-state index contributed by atoms with van der Waals surface area (Å²) in [6.45, 7) is 20.8. The molecule has 120 valence electrons. The van der Waals surface area contributed by atoms with Crippen molar-refractivity contribution in [2.24, 2.45) is 5.73 Å². The predicted molar refractivity (Wildman–Crippen MR) is 78.4 cm³/mol. The summed E-state index contributed by atoms with van der Waals surface area (Å²) >= 11 is 0. The first-order chi connectivity index (χ1) is 7.95. The molecule has 0 aromatic carbocycles. The Hall–Kier alpha value is 1.03. The van der Waals surface area contributed by atoms with Crippen LogP contribution in [0, 0.1) is 89.9 Å². The molecule has 0 heterocycles. The monoisotopic (exact) mass is 740 g/mol. The molecule has 0 amide bonds. The van der Waals surface area contributed by atoms with Gasteiger partial charge in [0.1, 0.15) is 0 Å². The van der Waals surface area contributed by atoms with Crippen LogP contribution >= 0.6 is 0 Å². The fourth-order valence-corrected chi connectivity index (χ4v) is 0. The molecule has 7 heteroatoms. The van der Waals surface area contributed by atoms with E-state index in [4.69, 9.17) is 15.6 Å². The molecule has 0 bridgehead atoms. The van der Waals surface area contributed by atoms with E-state index >= 15 is 0 Å². The third-order valence-corrected chi connectivity index (χ3v) is 0.650. The second-order valence-electron chi connectivity index (χ2n) is 1.93. The van der Waals surface area contributed by atoms with Gasteiger partial charge in [0.15, 0.2) is 0 Å². The summed E-state index contributed by atoms with van der Waals surface area (Å²) in [7, 11) is 0. The van der Waals surface area contributed by atoms with E-state index in [0.29, 0.717) is 6.42 Å². The van der Waals surface area contributed by atoms with Crippen molar-refractivity contribution >= 4 is 12.3 Å². The van der Waals surface area contributed by atoms with Gasteiger partial charge in [0, 0.05) is 6.47 Å². The molecule has 6 N–H and O–H groups in total. The zero-order valence-corrected chi connectivity index (χ0v) is 22.0. The minimum Gasteiger partial charge on any atom is -0.554 e. The van der Waals surface area contributed by atoms with Gasteiger partial charge in [-0.15, -0.1) is 0 Å². The zero-order valence-electron chi connectivity index (χ0n) is 13.7. The zero-order chi connectivity index (χ0) is 15.3. The van der Waals surface area contributed by atoms with Gasteiger partial charge in [-0.05, 0) is 5.78 Å². The van der Waals surface area contributed by atoms with E-state index in [1.165, 1.54) is 0 Å². The van der Waals surface area contributed by atoms with E-state index in [2.05, 4.69) is 27.7 Å². The Labute approximate surface area is 173 Å². The molecular formula is C13H32N2O3U2. The summed E-state index contributed by atoms with van der Waals surface area (Å²) in [6, 6.07) is 0.0231. The molecule has 0 aliphatic heterocycles. The number of carbonyl (C=O) groups is 2. The van der Waals surface area contributed by atoms with Crippen molar-refractivity contribution in [2.45, 2.75) is 46.6 Å². The summed E-state index contributed by atoms with van der Waals surface area (Å²) in [5.41, 5.74) is 5.12. The van der Waals surface area contributed by atoms with Crippen LogP contribution in [-0.2, 0) is 9.59 Å². The van der Waals surface area contributed by atoms with Crippen molar-refractivity contribution in [2.75, 3.05) is 0 Å². The largest absolute Gasteiger partial charge is 2.00 e. The summed E-state index contributed by atoms with van der Waals surface area (Å²) in [6.07, 6.45) is 1.03. The van der Waals surface area contributed by atoms with Gasteiger partial charge in [0.2, 0.25) is 0 Å². The van der Waals surface area contributed by atoms with Gasteiger partial charge < -0.3 is 54.3 Å². The average molecular weight is 740 g/mol. The second kappa shape index (κ2) is 72.1. The summed E-state index contributed by atoms with van der Waals surface area (Å²) in [5.74, 6) is -0.106. The first kappa shape index (κ1) is 49.7. The van der Waals surface area contributed by atoms with Crippen molar-refractivity contribution in [1.82, 2.24) is 6.15 Å². The number of carbonyl (C=O) groups excluding carboxylic acids is 2. The third kappa shape index (κ3) is 244. The van der Waals surface area contributed by atoms with Gasteiger partial charge in [-0.3, -0.25) is 0 Å². The summed E-state index contributed by atoms with van der Waals surface area (Å²) in [5, 5.41) is 8.25. The molecule has 0 fully saturated rings. The van der Waals surface area contributed by atoms with Gasteiger partial charge in [-0.2, -0.15) is 18.9 Å². The maximum absolute atomic E-state index is 9.64. The Kier molecular flexibility index (Phi) is 179. The molecule has 20 heavy (non-hydrogen) atoms. The SMILES string of the molecule is CC.CC.O=C[O-].[CH2-]CC([CH2-])=O.[CH2-]CC([CH2-])N.[NH4+].[U+2].[U+2]. The standard InChI is InChI=1S/C4H9N.C4H6O.2C2H6.CH2O2.H3N.2U/c2*1-3-4(2)5;2*1-2;2-1-3;;;/h4H,1-3,5H2;1-3H2;2*1-2H3;1H,(H,2,3);1H3;;/q2*-2;;;;;2*+2. The van der Waals surface area contributed by atoms with Crippen LogP contribution in [0.4, 0.5) is 0 Å². The molecular weight excluding hydrogens is 708 g/mol. The van der Waals surface area contributed by atoms with E-state index < -0.39 is 6.47 Å². The van der Waals surface area contributed by atoms with E-state index in [1.807, 2.05) is 27.7 Å². The van der Waals surface area contributed by atoms with Crippen molar-refractivity contribution in [3.8, 4) is 0 Å². The average Bonchev–Trinajstić information content (AvgIpc) is 2.35. The Morgan fingerprint density at radius 3 is 1.30 bits per heavy atom. The predicted octanol–water partition coefficient (Wildman–Crippen LogP) is 1.78. The molecule has 0 aliphatic rings. The molecule has 1 unspecified atom stereocenters. The van der Waals surface area contributed by atoms with Crippen LogP contribution in [0.25, 0.3) is 0 Å². The fraction of sp³-hybridized carbons (Fsp3) is 0.538. The van der Waals surface area contributed by atoms with Crippen LogP contribution in [-0.4, -0.2) is 18.3 Å². The molecule has 0 rings (SSSR count). The maximum Gasteiger partial charge on any atom is 2.00 e. The number of Topliss-reactive ketones (excluding diaryl/α,β-unsaturated/α-hetero) is 1.